The lowest BCUT2D eigenvalue weighted by atomic mass is 10.1. The second-order valence-corrected chi connectivity index (χ2v) is 4.00. The Balaban J connectivity index is 1.67. The van der Waals surface area contributed by atoms with Gasteiger partial charge in [-0.2, -0.15) is 0 Å². The van der Waals surface area contributed by atoms with Gasteiger partial charge in [-0.25, -0.2) is 0 Å². The van der Waals surface area contributed by atoms with E-state index in [1.54, 1.807) is 0 Å². The second-order valence-electron chi connectivity index (χ2n) is 4.00. The van der Waals surface area contributed by atoms with Crippen LogP contribution in [0.4, 0.5) is 0 Å². The summed E-state index contributed by atoms with van der Waals surface area (Å²) >= 11 is 0. The van der Waals surface area contributed by atoms with Crippen molar-refractivity contribution in [2.75, 3.05) is 33.0 Å². The number of ether oxygens (including phenoxy) is 2. The number of nitrogens with one attached hydrogen (secondary N) is 1. The average molecular weight is 197 g/mol. The van der Waals surface area contributed by atoms with E-state index < -0.39 is 0 Å². The van der Waals surface area contributed by atoms with Gasteiger partial charge in [-0.05, 0) is 24.8 Å². The zero-order chi connectivity index (χ0) is 9.64. The smallest absolute Gasteiger partial charge is 0.0689 e. The first-order valence-electron chi connectivity index (χ1n) is 5.52. The fraction of sp³-hybridized carbons (Fsp3) is 0.818. The van der Waals surface area contributed by atoms with Crippen molar-refractivity contribution in [3.8, 4) is 0 Å². The van der Waals surface area contributed by atoms with Gasteiger partial charge in [0.05, 0.1) is 19.8 Å². The fourth-order valence-electron chi connectivity index (χ4n) is 1.91. The van der Waals surface area contributed by atoms with Gasteiger partial charge >= 0.3 is 0 Å². The van der Waals surface area contributed by atoms with Crippen LogP contribution in [0.5, 0.6) is 0 Å². The fourth-order valence-corrected chi connectivity index (χ4v) is 1.91. The van der Waals surface area contributed by atoms with Crippen molar-refractivity contribution in [3.63, 3.8) is 0 Å². The van der Waals surface area contributed by atoms with Gasteiger partial charge in [0.2, 0.25) is 0 Å². The second kappa shape index (κ2) is 5.49. The molecule has 2 aliphatic rings. The molecule has 1 N–H and O–H groups in total. The first-order valence-corrected chi connectivity index (χ1v) is 5.52. The molecule has 0 aromatic carbocycles. The molecule has 0 spiro atoms. The van der Waals surface area contributed by atoms with Gasteiger partial charge in [-0.1, -0.05) is 6.08 Å². The van der Waals surface area contributed by atoms with Crippen LogP contribution in [0.2, 0.25) is 0 Å². The van der Waals surface area contributed by atoms with Crippen molar-refractivity contribution in [2.45, 2.75) is 25.3 Å². The summed E-state index contributed by atoms with van der Waals surface area (Å²) in [6, 6.07) is 0.548. The van der Waals surface area contributed by atoms with E-state index in [0.717, 1.165) is 39.4 Å². The molecule has 2 aliphatic heterocycles. The minimum absolute atomic E-state index is 0.548. The summed E-state index contributed by atoms with van der Waals surface area (Å²) < 4.78 is 10.8. The van der Waals surface area contributed by atoms with Gasteiger partial charge in [0.15, 0.2) is 0 Å². The van der Waals surface area contributed by atoms with Crippen LogP contribution < -0.4 is 5.32 Å². The van der Waals surface area contributed by atoms with E-state index >= 15 is 0 Å². The van der Waals surface area contributed by atoms with Crippen molar-refractivity contribution < 1.29 is 9.47 Å². The zero-order valence-corrected chi connectivity index (χ0v) is 8.63. The summed E-state index contributed by atoms with van der Waals surface area (Å²) in [5.41, 5.74) is 1.39. The molecule has 0 aliphatic carbocycles. The Morgan fingerprint density at radius 1 is 1.36 bits per heavy atom. The highest BCUT2D eigenvalue weighted by atomic mass is 16.5. The summed E-state index contributed by atoms with van der Waals surface area (Å²) in [6.45, 7) is 4.46. The molecule has 0 aromatic rings. The Morgan fingerprint density at radius 3 is 3.07 bits per heavy atom. The third-order valence-corrected chi connectivity index (χ3v) is 2.76. The summed E-state index contributed by atoms with van der Waals surface area (Å²) in [6.07, 6.45) is 5.79. The first-order chi connectivity index (χ1) is 6.95. The van der Waals surface area contributed by atoms with E-state index in [4.69, 9.17) is 9.47 Å². The van der Waals surface area contributed by atoms with Crippen LogP contribution >= 0.6 is 0 Å². The molecule has 3 heteroatoms. The average Bonchev–Trinajstić information content (AvgIpc) is 2.29. The maximum Gasteiger partial charge on any atom is 0.0689 e. The van der Waals surface area contributed by atoms with E-state index in [-0.39, 0.29) is 0 Å². The van der Waals surface area contributed by atoms with Gasteiger partial charge in [-0.3, -0.25) is 0 Å². The summed E-state index contributed by atoms with van der Waals surface area (Å²) in [4.78, 5) is 0. The highest BCUT2D eigenvalue weighted by Gasteiger charge is 2.13. The normalized spacial score (nSPS) is 28.6. The van der Waals surface area contributed by atoms with Crippen LogP contribution in [-0.2, 0) is 9.47 Å². The maximum absolute atomic E-state index is 5.41. The summed E-state index contributed by atoms with van der Waals surface area (Å²) in [5, 5.41) is 3.52. The van der Waals surface area contributed by atoms with E-state index in [9.17, 15) is 0 Å². The molecule has 1 atom stereocenters. The minimum atomic E-state index is 0.548. The van der Waals surface area contributed by atoms with Crippen LogP contribution in [0.25, 0.3) is 0 Å². The van der Waals surface area contributed by atoms with Gasteiger partial charge < -0.3 is 14.8 Å². The molecule has 1 saturated heterocycles. The molecule has 0 aromatic heterocycles. The molecular formula is C11H19NO2. The Labute approximate surface area is 85.5 Å². The van der Waals surface area contributed by atoms with Crippen molar-refractivity contribution in [3.05, 3.63) is 11.6 Å². The molecule has 80 valence electrons. The number of hydrogen-bond acceptors (Lipinski definition) is 3. The molecule has 2 heterocycles. The third-order valence-electron chi connectivity index (χ3n) is 2.76. The van der Waals surface area contributed by atoms with Crippen LogP contribution in [0.1, 0.15) is 19.3 Å². The summed E-state index contributed by atoms with van der Waals surface area (Å²) in [5.74, 6) is 0. The Kier molecular flexibility index (Phi) is 3.98. The lowest BCUT2D eigenvalue weighted by Crippen LogP contribution is -2.38. The molecule has 14 heavy (non-hydrogen) atoms. The zero-order valence-electron chi connectivity index (χ0n) is 8.63. The standard InChI is InChI=1S/C11H19NO2/c1-3-10(8-13-5-1)7-12-11-4-2-6-14-9-11/h3,11-12H,1-2,4-9H2. The highest BCUT2D eigenvalue weighted by Crippen LogP contribution is 2.08. The van der Waals surface area contributed by atoms with Crippen LogP contribution in [0.3, 0.4) is 0 Å². The Bertz CT molecular complexity index is 197. The van der Waals surface area contributed by atoms with Gasteiger partial charge in [0, 0.05) is 19.2 Å². The van der Waals surface area contributed by atoms with Crippen molar-refractivity contribution in [1.82, 2.24) is 5.32 Å². The van der Waals surface area contributed by atoms with Gasteiger partial charge in [0.1, 0.15) is 0 Å². The molecule has 0 bridgehead atoms. The number of rotatable bonds is 3. The van der Waals surface area contributed by atoms with E-state index in [0.29, 0.717) is 6.04 Å². The number of hydrogen-bond donors (Lipinski definition) is 1. The molecule has 0 amide bonds. The third kappa shape index (κ3) is 3.08. The quantitative estimate of drug-likeness (QED) is 0.687. The summed E-state index contributed by atoms with van der Waals surface area (Å²) in [7, 11) is 0. The SMILES string of the molecule is C1=C(CNC2CCCOC2)COCC1. The molecule has 3 nitrogen and oxygen atoms in total. The Morgan fingerprint density at radius 2 is 2.36 bits per heavy atom. The lowest BCUT2D eigenvalue weighted by Gasteiger charge is -2.24. The predicted molar refractivity (Wildman–Crippen MR) is 55.4 cm³/mol. The largest absolute Gasteiger partial charge is 0.380 e. The van der Waals surface area contributed by atoms with E-state index in [2.05, 4.69) is 11.4 Å². The van der Waals surface area contributed by atoms with Crippen LogP contribution in [-0.4, -0.2) is 39.0 Å². The molecule has 0 radical (unpaired) electrons. The molecular weight excluding hydrogens is 178 g/mol. The maximum atomic E-state index is 5.41. The Hall–Kier alpha value is -0.380. The van der Waals surface area contributed by atoms with E-state index in [1.807, 2.05) is 0 Å². The van der Waals surface area contributed by atoms with Crippen LogP contribution in [0, 0.1) is 0 Å². The molecule has 0 saturated carbocycles. The van der Waals surface area contributed by atoms with E-state index in [1.165, 1.54) is 18.4 Å². The lowest BCUT2D eigenvalue weighted by molar-refractivity contribution is 0.0706. The molecule has 1 fully saturated rings. The van der Waals surface area contributed by atoms with Crippen molar-refractivity contribution >= 4 is 0 Å². The molecule has 2 rings (SSSR count). The monoisotopic (exact) mass is 197 g/mol. The minimum Gasteiger partial charge on any atom is -0.380 e. The molecule has 1 unspecified atom stereocenters. The van der Waals surface area contributed by atoms with Crippen LogP contribution in [0.15, 0.2) is 11.6 Å². The van der Waals surface area contributed by atoms with Crippen molar-refractivity contribution in [2.24, 2.45) is 0 Å². The highest BCUT2D eigenvalue weighted by molar-refractivity contribution is 5.07. The van der Waals surface area contributed by atoms with Gasteiger partial charge in [0.25, 0.3) is 0 Å². The van der Waals surface area contributed by atoms with Crippen molar-refractivity contribution in [1.29, 1.82) is 0 Å². The first kappa shape index (κ1) is 10.1. The predicted octanol–water partition coefficient (Wildman–Crippen LogP) is 1.10. The van der Waals surface area contributed by atoms with Gasteiger partial charge in [-0.15, -0.1) is 0 Å². The topological polar surface area (TPSA) is 30.5 Å².